The number of Topliss-reactive ketones (excluding diaryl/α,β-unsaturated/α-hetero) is 2. The summed E-state index contributed by atoms with van der Waals surface area (Å²) in [6.07, 6.45) is 4.46. The van der Waals surface area contributed by atoms with Crippen LogP contribution in [0.15, 0.2) is 58.9 Å². The molecule has 0 radical (unpaired) electrons. The van der Waals surface area contributed by atoms with Crippen molar-refractivity contribution >= 4 is 45.8 Å². The lowest BCUT2D eigenvalue weighted by atomic mass is 9.71. The molecular formula is C29H29ClINO4. The van der Waals surface area contributed by atoms with Crippen LogP contribution in [0.25, 0.3) is 0 Å². The van der Waals surface area contributed by atoms with Gasteiger partial charge in [0, 0.05) is 53.4 Å². The number of hydrogen-bond acceptors (Lipinski definition) is 5. The van der Waals surface area contributed by atoms with Gasteiger partial charge in [-0.2, -0.15) is 0 Å². The summed E-state index contributed by atoms with van der Waals surface area (Å²) in [7, 11) is 2.01. The van der Waals surface area contributed by atoms with Gasteiger partial charge in [-0.05, 0) is 90.6 Å². The number of allylic oxidation sites excluding steroid dienone is 4. The maximum absolute atomic E-state index is 13.3. The minimum absolute atomic E-state index is 0.146. The van der Waals surface area contributed by atoms with Crippen molar-refractivity contribution in [1.29, 1.82) is 0 Å². The Bertz CT molecular complexity index is 1250. The molecule has 7 heteroatoms. The van der Waals surface area contributed by atoms with E-state index in [9.17, 15) is 9.59 Å². The Kier molecular flexibility index (Phi) is 7.45. The van der Waals surface area contributed by atoms with Crippen LogP contribution in [0.4, 0.5) is 0 Å². The van der Waals surface area contributed by atoms with Gasteiger partial charge >= 0.3 is 0 Å². The second kappa shape index (κ2) is 10.6. The summed E-state index contributed by atoms with van der Waals surface area (Å²) in [6.45, 7) is 2.76. The number of halogens is 2. The van der Waals surface area contributed by atoms with Crippen molar-refractivity contribution in [3.8, 4) is 11.5 Å². The van der Waals surface area contributed by atoms with Crippen LogP contribution < -0.4 is 9.47 Å². The molecule has 36 heavy (non-hydrogen) atoms. The highest BCUT2D eigenvalue weighted by molar-refractivity contribution is 14.1. The molecule has 0 saturated carbocycles. The van der Waals surface area contributed by atoms with E-state index in [1.165, 1.54) is 0 Å². The molecule has 2 aliphatic carbocycles. The van der Waals surface area contributed by atoms with Crippen LogP contribution in [0.5, 0.6) is 11.5 Å². The van der Waals surface area contributed by atoms with Gasteiger partial charge < -0.3 is 14.4 Å². The third kappa shape index (κ3) is 4.70. The smallest absolute Gasteiger partial charge is 0.174 e. The van der Waals surface area contributed by atoms with Crippen LogP contribution in [-0.2, 0) is 16.2 Å². The van der Waals surface area contributed by atoms with E-state index in [-0.39, 0.29) is 17.5 Å². The van der Waals surface area contributed by atoms with Gasteiger partial charge in [-0.3, -0.25) is 9.59 Å². The standard InChI is InChI=1S/C29H29ClINO4/c1-3-35-25-15-18(14-20(31)29(25)36-16-17-7-4-8-19(30)13-17)26-27-21(9-5-11-23(27)33)32(2)22-10-6-12-24(34)28(22)26/h4,7-8,13-15,26H,3,5-6,9-12,16H2,1-2H3. The Labute approximate surface area is 230 Å². The van der Waals surface area contributed by atoms with Gasteiger partial charge in [0.1, 0.15) is 6.61 Å². The number of carbonyl (C=O) groups is 2. The quantitative estimate of drug-likeness (QED) is 0.328. The normalized spacial score (nSPS) is 18.4. The molecule has 3 aliphatic rings. The average Bonchev–Trinajstić information content (AvgIpc) is 2.85. The third-order valence-corrected chi connectivity index (χ3v) is 8.22. The van der Waals surface area contributed by atoms with Crippen molar-refractivity contribution in [2.24, 2.45) is 0 Å². The van der Waals surface area contributed by atoms with Gasteiger partial charge in [-0.15, -0.1) is 0 Å². The van der Waals surface area contributed by atoms with E-state index < -0.39 is 0 Å². The Balaban J connectivity index is 1.60. The summed E-state index contributed by atoms with van der Waals surface area (Å²) in [4.78, 5) is 28.7. The molecule has 0 atom stereocenters. The second-order valence-electron chi connectivity index (χ2n) is 9.45. The van der Waals surface area contributed by atoms with E-state index >= 15 is 0 Å². The Morgan fingerprint density at radius 1 is 0.972 bits per heavy atom. The number of benzene rings is 2. The molecule has 0 aromatic heterocycles. The first kappa shape index (κ1) is 25.3. The maximum atomic E-state index is 13.3. The first-order valence-electron chi connectivity index (χ1n) is 12.5. The first-order valence-corrected chi connectivity index (χ1v) is 13.9. The molecule has 0 amide bonds. The second-order valence-corrected chi connectivity index (χ2v) is 11.0. The zero-order valence-electron chi connectivity index (χ0n) is 20.5. The van der Waals surface area contributed by atoms with Gasteiger partial charge in [0.05, 0.1) is 10.2 Å². The maximum Gasteiger partial charge on any atom is 0.174 e. The number of carbonyl (C=O) groups excluding carboxylic acids is 2. The molecule has 188 valence electrons. The van der Waals surface area contributed by atoms with Crippen molar-refractivity contribution in [3.05, 3.63) is 78.7 Å². The lowest BCUT2D eigenvalue weighted by molar-refractivity contribution is -0.117. The predicted molar refractivity (Wildman–Crippen MR) is 148 cm³/mol. The molecule has 2 aromatic carbocycles. The molecule has 2 aromatic rings. The molecule has 0 bridgehead atoms. The molecule has 1 heterocycles. The lowest BCUT2D eigenvalue weighted by Gasteiger charge is -2.42. The minimum atomic E-state index is -0.360. The van der Waals surface area contributed by atoms with Crippen molar-refractivity contribution in [1.82, 2.24) is 4.90 Å². The first-order chi connectivity index (χ1) is 17.4. The minimum Gasteiger partial charge on any atom is -0.490 e. The van der Waals surface area contributed by atoms with Gasteiger partial charge in [0.15, 0.2) is 23.1 Å². The van der Waals surface area contributed by atoms with Crippen LogP contribution in [-0.4, -0.2) is 30.1 Å². The number of ether oxygens (including phenoxy) is 2. The SMILES string of the molecule is CCOc1cc(C2C3=C(CCCC3=O)N(C)C3=C2C(=O)CCC3)cc(I)c1OCc1cccc(Cl)c1. The summed E-state index contributed by atoms with van der Waals surface area (Å²) >= 11 is 8.41. The highest BCUT2D eigenvalue weighted by atomic mass is 127. The van der Waals surface area contributed by atoms with Crippen LogP contribution in [0.1, 0.15) is 62.5 Å². The highest BCUT2D eigenvalue weighted by Crippen LogP contribution is 2.50. The number of rotatable bonds is 6. The fourth-order valence-corrected chi connectivity index (χ4v) is 6.62. The molecule has 0 unspecified atom stereocenters. The topological polar surface area (TPSA) is 55.8 Å². The fourth-order valence-electron chi connectivity index (χ4n) is 5.63. The van der Waals surface area contributed by atoms with Crippen molar-refractivity contribution in [2.45, 2.75) is 58.0 Å². The van der Waals surface area contributed by atoms with E-state index in [4.69, 9.17) is 21.1 Å². The van der Waals surface area contributed by atoms with Crippen LogP contribution in [0, 0.1) is 3.57 Å². The van der Waals surface area contributed by atoms with Crippen LogP contribution in [0.3, 0.4) is 0 Å². The average molecular weight is 618 g/mol. The number of nitrogens with zero attached hydrogens (tertiary/aromatic N) is 1. The highest BCUT2D eigenvalue weighted by Gasteiger charge is 2.42. The summed E-state index contributed by atoms with van der Waals surface area (Å²) in [5.41, 5.74) is 5.58. The monoisotopic (exact) mass is 617 g/mol. The Hall–Kier alpha value is -2.32. The predicted octanol–water partition coefficient (Wildman–Crippen LogP) is 6.97. The molecule has 1 aliphatic heterocycles. The van der Waals surface area contributed by atoms with E-state index in [0.717, 1.165) is 62.9 Å². The zero-order chi connectivity index (χ0) is 25.4. The summed E-state index contributed by atoms with van der Waals surface area (Å²) in [5.74, 6) is 1.21. The molecule has 5 rings (SSSR count). The molecule has 0 spiro atoms. The molecule has 5 nitrogen and oxygen atoms in total. The van der Waals surface area contributed by atoms with Crippen molar-refractivity contribution in [3.63, 3.8) is 0 Å². The molecular weight excluding hydrogens is 589 g/mol. The van der Waals surface area contributed by atoms with E-state index in [0.29, 0.717) is 42.6 Å². The van der Waals surface area contributed by atoms with E-state index in [1.54, 1.807) is 0 Å². The van der Waals surface area contributed by atoms with E-state index in [2.05, 4.69) is 27.5 Å². The number of ketones is 2. The lowest BCUT2D eigenvalue weighted by Crippen LogP contribution is -2.37. The summed E-state index contributed by atoms with van der Waals surface area (Å²) in [5, 5.41) is 0.663. The van der Waals surface area contributed by atoms with Crippen molar-refractivity contribution in [2.75, 3.05) is 13.7 Å². The van der Waals surface area contributed by atoms with Gasteiger partial charge in [-0.25, -0.2) is 0 Å². The van der Waals surface area contributed by atoms with Gasteiger partial charge in [0.2, 0.25) is 0 Å². The largest absolute Gasteiger partial charge is 0.490 e. The fraction of sp³-hybridized carbons (Fsp3) is 0.379. The number of hydrogen-bond donors (Lipinski definition) is 0. The molecule has 0 fully saturated rings. The van der Waals surface area contributed by atoms with Crippen LogP contribution in [0.2, 0.25) is 5.02 Å². The molecule has 0 saturated heterocycles. The van der Waals surface area contributed by atoms with Crippen LogP contribution >= 0.6 is 34.2 Å². The van der Waals surface area contributed by atoms with E-state index in [1.807, 2.05) is 50.4 Å². The Morgan fingerprint density at radius 3 is 2.25 bits per heavy atom. The van der Waals surface area contributed by atoms with Gasteiger partial charge in [-0.1, -0.05) is 23.7 Å². The summed E-state index contributed by atoms with van der Waals surface area (Å²) in [6, 6.07) is 11.6. The van der Waals surface area contributed by atoms with Crippen molar-refractivity contribution < 1.29 is 19.1 Å². The van der Waals surface area contributed by atoms with Gasteiger partial charge in [0.25, 0.3) is 0 Å². The zero-order valence-corrected chi connectivity index (χ0v) is 23.4. The molecule has 0 N–H and O–H groups in total. The third-order valence-electron chi connectivity index (χ3n) is 7.18. The summed E-state index contributed by atoms with van der Waals surface area (Å²) < 4.78 is 13.1. The Morgan fingerprint density at radius 2 is 1.64 bits per heavy atom.